The van der Waals surface area contributed by atoms with E-state index in [1.807, 2.05) is 0 Å². The average Bonchev–Trinajstić information content (AvgIpc) is 0.717. The number of hydrogen-bond acceptors (Lipinski definition) is 58. The molecule has 0 amide bonds. The van der Waals surface area contributed by atoms with Crippen LogP contribution in [0.5, 0.6) is 299 Å². The van der Waals surface area contributed by atoms with E-state index >= 15 is 0 Å². The molecule has 0 bridgehead atoms. The first kappa shape index (κ1) is 101. The minimum Gasteiger partial charge on any atom is -0.507 e. The predicted molar refractivity (Wildman–Crippen MR) is 424 cm³/mol. The number of hydrogen-bond donors (Lipinski definition) is 52. The summed E-state index contributed by atoms with van der Waals surface area (Å²) in [5.41, 5.74) is -12.4. The summed E-state index contributed by atoms with van der Waals surface area (Å²) in [7, 11) is 0. The van der Waals surface area contributed by atoms with Gasteiger partial charge in [-0.15, -0.1) is 0 Å². The van der Waals surface area contributed by atoms with Gasteiger partial charge in [-0.25, -0.2) is 0 Å². The molecule has 58 heteroatoms. The minimum absolute atomic E-state index is 0.497. The van der Waals surface area contributed by atoms with Crippen LogP contribution in [0, 0.1) is 0 Å². The second-order valence-electron chi connectivity index (χ2n) is 26.3. The molecule has 12 rings (SSSR count). The van der Waals surface area contributed by atoms with E-state index < -0.39 is 400 Å². The van der Waals surface area contributed by atoms with Crippen LogP contribution in [0.2, 0.25) is 0 Å². The first-order valence-electron chi connectivity index (χ1n) is 34.5. The molecule has 12 aromatic carbocycles. The SMILES string of the molecule is O=C(c1c(O)c(O)c(O)c(O)c1O)c1c(O)c(O)c(O)c(O)c1O.O=C(c1c(O)c(O)cc(O)c1O)c1c(O)c(O)c(O)c(O)c1O.O=C(c1c(O)cc(O)c(O)c1O)c1c(O)c(O)c(O)c(O)c1O.O=C(c1c(O)ccc(O)c1O)c1c(O)c(O)c(O)c(O)c1O.O=C(c1cc(O)c(O)cc1O)c1c(O)c(O)c(O)c(O)c1O.O=C(c1ccc(O)c(O)c1O)c1c(O)c(O)c(O)c(O)c1O. The topological polar surface area (TPSA) is 1150 Å². The van der Waals surface area contributed by atoms with E-state index in [9.17, 15) is 294 Å². The lowest BCUT2D eigenvalue weighted by molar-refractivity contribution is 0.101. The smallest absolute Gasteiger partial charge is 0.208 e. The highest BCUT2D eigenvalue weighted by molar-refractivity contribution is 6.21. The lowest BCUT2D eigenvalue weighted by atomic mass is 9.97. The molecule has 0 radical (unpaired) electrons. The van der Waals surface area contributed by atoms with E-state index in [1.165, 1.54) is 0 Å². The van der Waals surface area contributed by atoms with Gasteiger partial charge in [0, 0.05) is 18.2 Å². The molecule has 0 spiro atoms. The van der Waals surface area contributed by atoms with Crippen molar-refractivity contribution < 1.29 is 294 Å². The van der Waals surface area contributed by atoms with E-state index in [-0.39, 0.29) is 0 Å². The van der Waals surface area contributed by atoms with Gasteiger partial charge in [0.1, 0.15) is 72.9 Å². The van der Waals surface area contributed by atoms with Crippen LogP contribution >= 0.6 is 0 Å². The zero-order valence-electron chi connectivity index (χ0n) is 65.3. The third-order valence-corrected chi connectivity index (χ3v) is 18.2. The van der Waals surface area contributed by atoms with Crippen LogP contribution in [0.25, 0.3) is 0 Å². The molecule has 0 heterocycles. The molecule has 0 saturated carbocycles. The molecule has 0 unspecified atom stereocenters. The average molecular weight is 1930 g/mol. The number of phenolic OH excluding ortho intramolecular Hbond substituents is 52. The van der Waals surface area contributed by atoms with E-state index in [2.05, 4.69) is 0 Å². The van der Waals surface area contributed by atoms with Crippen molar-refractivity contribution in [2.75, 3.05) is 0 Å². The van der Waals surface area contributed by atoms with Crippen molar-refractivity contribution in [3.8, 4) is 299 Å². The molecule has 58 nitrogen and oxygen atoms in total. The summed E-state index contributed by atoms with van der Waals surface area (Å²) >= 11 is 0. The molecule has 12 aromatic rings. The maximum absolute atomic E-state index is 12.3. The number of aromatic hydroxyl groups is 52. The molecule has 0 aliphatic carbocycles. The Kier molecular flexibility index (Phi) is 27.6. The normalized spacial score (nSPS) is 10.6. The zero-order chi connectivity index (χ0) is 104. The van der Waals surface area contributed by atoms with Gasteiger partial charge in [-0.05, 0) is 30.3 Å². The van der Waals surface area contributed by atoms with Gasteiger partial charge in [-0.1, -0.05) is 0 Å². The molecule has 720 valence electrons. The maximum Gasteiger partial charge on any atom is 0.208 e. The Hall–Kier alpha value is -21.7. The van der Waals surface area contributed by atoms with Crippen molar-refractivity contribution in [2.45, 2.75) is 0 Å². The number of benzene rings is 12. The summed E-state index contributed by atoms with van der Waals surface area (Å²) < 4.78 is 0. The van der Waals surface area contributed by atoms with Gasteiger partial charge in [-0.2, -0.15) is 0 Å². The zero-order valence-corrected chi connectivity index (χ0v) is 65.3. The van der Waals surface area contributed by atoms with Crippen LogP contribution in [0.3, 0.4) is 0 Å². The van der Waals surface area contributed by atoms with Crippen molar-refractivity contribution in [1.29, 1.82) is 0 Å². The summed E-state index contributed by atoms with van der Waals surface area (Å²) in [6.45, 7) is 0. The number of rotatable bonds is 12. The van der Waals surface area contributed by atoms with Crippen LogP contribution in [0.1, 0.15) is 95.5 Å². The number of carbonyl (C=O) groups excluding carboxylic acids is 6. The van der Waals surface area contributed by atoms with Crippen molar-refractivity contribution >= 4 is 34.7 Å². The quantitative estimate of drug-likeness (QED) is 0.0473. The fourth-order valence-corrected chi connectivity index (χ4v) is 11.1. The van der Waals surface area contributed by atoms with E-state index in [0.29, 0.717) is 24.3 Å². The van der Waals surface area contributed by atoms with Crippen LogP contribution in [0.15, 0.2) is 48.5 Å². The Labute approximate surface area is 741 Å². The van der Waals surface area contributed by atoms with Gasteiger partial charge in [0.05, 0.1) is 11.1 Å². The van der Waals surface area contributed by atoms with Crippen LogP contribution in [-0.2, 0) is 0 Å². The first-order valence-corrected chi connectivity index (χ1v) is 34.5. The maximum atomic E-state index is 12.3. The van der Waals surface area contributed by atoms with Crippen molar-refractivity contribution in [1.82, 2.24) is 0 Å². The van der Waals surface area contributed by atoms with Crippen LogP contribution < -0.4 is 0 Å². The van der Waals surface area contributed by atoms with E-state index in [4.69, 9.17) is 0 Å². The summed E-state index contributed by atoms with van der Waals surface area (Å²) in [6, 6.07) is 5.76. The molecule has 0 aliphatic rings. The highest BCUT2D eigenvalue weighted by atomic mass is 16.4. The van der Waals surface area contributed by atoms with Gasteiger partial charge >= 0.3 is 0 Å². The summed E-state index contributed by atoms with van der Waals surface area (Å²) in [5.74, 6) is -71.8. The Bertz CT molecular complexity index is 6720. The molecule has 136 heavy (non-hydrogen) atoms. The Morgan fingerprint density at radius 2 is 0.257 bits per heavy atom. The van der Waals surface area contributed by atoms with Gasteiger partial charge < -0.3 is 266 Å². The molecule has 0 atom stereocenters. The first-order chi connectivity index (χ1) is 62.7. The van der Waals surface area contributed by atoms with E-state index in [1.54, 1.807) is 0 Å². The molecule has 52 N–H and O–H groups in total. The van der Waals surface area contributed by atoms with Gasteiger partial charge in [0.2, 0.25) is 167 Å². The molecule has 0 fully saturated rings. The molecule has 0 aromatic heterocycles. The van der Waals surface area contributed by atoms with Gasteiger partial charge in [0.15, 0.2) is 149 Å². The Balaban J connectivity index is 0.000000222. The van der Waals surface area contributed by atoms with Crippen molar-refractivity contribution in [3.63, 3.8) is 0 Å². The molecule has 0 aliphatic heterocycles. The van der Waals surface area contributed by atoms with Crippen molar-refractivity contribution in [2.24, 2.45) is 0 Å². The summed E-state index contributed by atoms with van der Waals surface area (Å²) in [6.07, 6.45) is 0. The second-order valence-corrected chi connectivity index (χ2v) is 26.3. The fraction of sp³-hybridized carbons (Fsp3) is 0. The third kappa shape index (κ3) is 17.2. The molecular weight excluding hydrogens is 1860 g/mol. The second kappa shape index (κ2) is 37.1. The predicted octanol–water partition coefficient (Wildman–Crippen LogP) is 2.20. The number of carbonyl (C=O) groups is 6. The number of ketones is 6. The third-order valence-electron chi connectivity index (χ3n) is 18.2. The lowest BCUT2D eigenvalue weighted by Crippen LogP contribution is -2.04. The van der Waals surface area contributed by atoms with Crippen LogP contribution in [0.4, 0.5) is 0 Å². The fourth-order valence-electron chi connectivity index (χ4n) is 11.1. The van der Waals surface area contributed by atoms with Crippen molar-refractivity contribution in [3.05, 3.63) is 115 Å². The largest absolute Gasteiger partial charge is 0.507 e. The standard InChI is InChI=1S/C13H10O11.2C13H10O10.3C13H10O9/c14-3(1-4(15)8(19)12(23)9(20)5(1)16)2-6(17)10(21)13(24)11(22)7(2)18;14-2-1-3(15)7(17)4(6(2)16)8(18)5-9(19)11(21)13(23)12(22)10(5)20;14-2-1-3(15)6(16)8(18)4(2)7(17)5-9(19)11(21)13(23)12(22)10(5)20;14-4-2-6(16)5(15)1-3(4)8(17)7-9(18)11(20)13(22)12(21)10(7)19;14-4-2-1-3(7(16)8(4)17)6(15)5-9(18)11(20)13(22)12(21)10(5)19;14-3-1-2-4(15)7(16)5(3)8(17)6-9(18)11(20)13(22)12(21)10(6)19/h15-24H;1,14-17,19-23H;1,14-16,18-23H;1-2,14-16,18-22H;1-2,14,16-22H;1-2,14-16,18-22H. The monoisotopic (exact) mass is 1920 g/mol. The number of phenols is 52. The summed E-state index contributed by atoms with van der Waals surface area (Å²) in [4.78, 5) is 73.5. The van der Waals surface area contributed by atoms with Gasteiger partial charge in [-0.3, -0.25) is 28.8 Å². The Morgan fingerprint density at radius 3 is 0.529 bits per heavy atom. The highest BCUT2D eigenvalue weighted by Crippen LogP contribution is 2.61. The van der Waals surface area contributed by atoms with Crippen LogP contribution in [-0.4, -0.2) is 300 Å². The summed E-state index contributed by atoms with van der Waals surface area (Å²) in [5, 5.41) is 492. The molecule has 0 saturated heterocycles. The van der Waals surface area contributed by atoms with E-state index in [0.717, 1.165) is 24.3 Å². The minimum atomic E-state index is -1.68. The highest BCUT2D eigenvalue weighted by Gasteiger charge is 2.40. The molecular formula is C78H60O58. The Morgan fingerprint density at radius 1 is 0.103 bits per heavy atom. The van der Waals surface area contributed by atoms with Gasteiger partial charge in [0.25, 0.3) is 0 Å². The lowest BCUT2D eigenvalue weighted by Gasteiger charge is -2.14.